The second-order valence-corrected chi connectivity index (χ2v) is 13.1. The first-order valence-corrected chi connectivity index (χ1v) is 12.0. The van der Waals surface area contributed by atoms with Gasteiger partial charge in [0.2, 0.25) is 0 Å². The molecule has 0 bridgehead atoms. The summed E-state index contributed by atoms with van der Waals surface area (Å²) >= 11 is 0. The molecule has 0 aliphatic rings. The molecule has 1 rings (SSSR count). The summed E-state index contributed by atoms with van der Waals surface area (Å²) in [4.78, 5) is 11.3. The number of hydrogen-bond acceptors (Lipinski definition) is 2. The van der Waals surface area contributed by atoms with Crippen LogP contribution in [0.4, 0.5) is 18.0 Å². The highest BCUT2D eigenvalue weighted by molar-refractivity contribution is 6.74. The van der Waals surface area contributed by atoms with E-state index >= 15 is 0 Å². The molecule has 1 aromatic carbocycles. The summed E-state index contributed by atoms with van der Waals surface area (Å²) < 4.78 is 44.7. The van der Waals surface area contributed by atoms with Gasteiger partial charge in [0.25, 0.3) is 0 Å². The summed E-state index contributed by atoms with van der Waals surface area (Å²) in [6.07, 6.45) is -2.09. The molecular formula is C20H30F3NO3Si. The van der Waals surface area contributed by atoms with Crippen molar-refractivity contribution in [2.45, 2.75) is 64.0 Å². The van der Waals surface area contributed by atoms with Gasteiger partial charge in [-0.3, -0.25) is 0 Å². The summed E-state index contributed by atoms with van der Waals surface area (Å²) in [5.74, 6) is -0.451. The standard InChI is InChI=1S/C20H30F3NO3Si/c1-7-8-16(14-9-11-15(12-10-14)20(21,22)23)17(24-18(25)26)13-27-28(5,6)19(2,3)4/h7-12,16-17,24H,13H2,1-6H3,(H,25,26)/b8-7+/t16-,17+/m0/s1. The number of amides is 1. The van der Waals surface area contributed by atoms with Crippen LogP contribution in [0.5, 0.6) is 0 Å². The number of hydrogen-bond donors (Lipinski definition) is 2. The van der Waals surface area contributed by atoms with E-state index in [4.69, 9.17) is 4.43 Å². The Morgan fingerprint density at radius 1 is 1.21 bits per heavy atom. The van der Waals surface area contributed by atoms with Crippen molar-refractivity contribution in [3.63, 3.8) is 0 Å². The molecule has 2 N–H and O–H groups in total. The smallest absolute Gasteiger partial charge is 0.416 e. The molecular weight excluding hydrogens is 387 g/mol. The van der Waals surface area contributed by atoms with Gasteiger partial charge in [-0.1, -0.05) is 45.1 Å². The second kappa shape index (κ2) is 9.13. The maximum atomic E-state index is 12.8. The number of carbonyl (C=O) groups is 1. The largest absolute Gasteiger partial charge is 0.465 e. The van der Waals surface area contributed by atoms with Crippen LogP contribution in [0.1, 0.15) is 44.7 Å². The summed E-state index contributed by atoms with van der Waals surface area (Å²) in [6, 6.07) is 4.17. The fourth-order valence-corrected chi connectivity index (χ4v) is 3.52. The highest BCUT2D eigenvalue weighted by Gasteiger charge is 2.38. The fourth-order valence-electron chi connectivity index (χ4n) is 2.49. The molecule has 0 heterocycles. The average Bonchev–Trinajstić information content (AvgIpc) is 2.54. The van der Waals surface area contributed by atoms with Gasteiger partial charge < -0.3 is 14.8 Å². The van der Waals surface area contributed by atoms with Crippen LogP contribution < -0.4 is 5.32 Å². The third-order valence-corrected chi connectivity index (χ3v) is 9.70. The maximum Gasteiger partial charge on any atom is 0.416 e. The molecule has 0 radical (unpaired) electrons. The minimum absolute atomic E-state index is 0.0504. The van der Waals surface area contributed by atoms with Gasteiger partial charge in [-0.05, 0) is 42.8 Å². The quantitative estimate of drug-likeness (QED) is 0.421. The van der Waals surface area contributed by atoms with Crippen molar-refractivity contribution in [3.8, 4) is 0 Å². The molecule has 1 amide bonds. The predicted molar refractivity (Wildman–Crippen MR) is 107 cm³/mol. The molecule has 0 aliphatic heterocycles. The van der Waals surface area contributed by atoms with E-state index in [0.717, 1.165) is 12.1 Å². The SMILES string of the molecule is C/C=C/[C@@H](c1ccc(C(F)(F)F)cc1)[C@@H](CO[Si](C)(C)C(C)(C)C)NC(=O)O. The van der Waals surface area contributed by atoms with Gasteiger partial charge in [0.1, 0.15) is 0 Å². The Balaban J connectivity index is 3.17. The number of rotatable bonds is 7. The number of carboxylic acid groups (broad SMARTS) is 1. The first-order valence-electron chi connectivity index (χ1n) is 9.12. The van der Waals surface area contributed by atoms with Crippen LogP contribution in [0.2, 0.25) is 18.1 Å². The van der Waals surface area contributed by atoms with Crippen molar-refractivity contribution >= 4 is 14.4 Å². The van der Waals surface area contributed by atoms with Crippen LogP contribution in [0.25, 0.3) is 0 Å². The van der Waals surface area contributed by atoms with Crippen LogP contribution >= 0.6 is 0 Å². The number of halogens is 3. The van der Waals surface area contributed by atoms with E-state index in [0.29, 0.717) is 5.56 Å². The summed E-state index contributed by atoms with van der Waals surface area (Å²) in [5.41, 5.74) is -0.153. The van der Waals surface area contributed by atoms with E-state index in [2.05, 4.69) is 39.2 Å². The Kier molecular flexibility index (Phi) is 7.90. The molecule has 0 fully saturated rings. The van der Waals surface area contributed by atoms with Gasteiger partial charge in [-0.15, -0.1) is 0 Å². The van der Waals surface area contributed by atoms with Gasteiger partial charge in [-0.25, -0.2) is 4.79 Å². The zero-order valence-corrected chi connectivity index (χ0v) is 18.2. The van der Waals surface area contributed by atoms with Crippen molar-refractivity contribution in [2.24, 2.45) is 0 Å². The molecule has 0 aliphatic carbocycles. The fraction of sp³-hybridized carbons (Fsp3) is 0.550. The zero-order valence-electron chi connectivity index (χ0n) is 17.2. The molecule has 158 valence electrons. The minimum atomic E-state index is -4.42. The Bertz CT molecular complexity index is 679. The molecule has 4 nitrogen and oxygen atoms in total. The van der Waals surface area contributed by atoms with Crippen molar-refractivity contribution in [1.29, 1.82) is 0 Å². The number of benzene rings is 1. The van der Waals surface area contributed by atoms with Crippen LogP contribution in [0, 0.1) is 0 Å². The van der Waals surface area contributed by atoms with Crippen LogP contribution in [-0.4, -0.2) is 32.2 Å². The highest BCUT2D eigenvalue weighted by atomic mass is 28.4. The number of nitrogens with one attached hydrogen (secondary N) is 1. The van der Waals surface area contributed by atoms with Crippen molar-refractivity contribution in [2.75, 3.05) is 6.61 Å². The van der Waals surface area contributed by atoms with Crippen molar-refractivity contribution < 1.29 is 27.5 Å². The molecule has 0 spiro atoms. The average molecular weight is 418 g/mol. The van der Waals surface area contributed by atoms with Crippen molar-refractivity contribution in [1.82, 2.24) is 5.32 Å². The lowest BCUT2D eigenvalue weighted by atomic mass is 9.90. The number of alkyl halides is 3. The Hall–Kier alpha value is -1.80. The normalized spacial score (nSPS) is 15.5. The molecule has 0 saturated heterocycles. The molecule has 0 saturated carbocycles. The molecule has 2 atom stereocenters. The van der Waals surface area contributed by atoms with E-state index in [1.807, 2.05) is 0 Å². The molecule has 0 unspecified atom stereocenters. The highest BCUT2D eigenvalue weighted by Crippen LogP contribution is 2.37. The van der Waals surface area contributed by atoms with E-state index in [1.54, 1.807) is 19.1 Å². The Morgan fingerprint density at radius 2 is 1.75 bits per heavy atom. The van der Waals surface area contributed by atoms with E-state index in [9.17, 15) is 23.1 Å². The second-order valence-electron chi connectivity index (χ2n) is 8.30. The van der Waals surface area contributed by atoms with E-state index in [-0.39, 0.29) is 11.6 Å². The van der Waals surface area contributed by atoms with Gasteiger partial charge in [0, 0.05) is 5.92 Å². The molecule has 1 aromatic rings. The van der Waals surface area contributed by atoms with Gasteiger partial charge in [0.15, 0.2) is 8.32 Å². The maximum absolute atomic E-state index is 12.8. The first-order chi connectivity index (χ1) is 12.7. The topological polar surface area (TPSA) is 58.6 Å². The third-order valence-electron chi connectivity index (χ3n) is 5.19. The molecule has 8 heteroatoms. The van der Waals surface area contributed by atoms with E-state index in [1.165, 1.54) is 12.1 Å². The molecule has 28 heavy (non-hydrogen) atoms. The summed E-state index contributed by atoms with van der Waals surface area (Å²) in [7, 11) is -2.13. The first kappa shape index (κ1) is 24.2. The summed E-state index contributed by atoms with van der Waals surface area (Å²) in [5, 5.41) is 11.7. The number of allylic oxidation sites excluding steroid dienone is 1. The lowest BCUT2D eigenvalue weighted by Gasteiger charge is -2.38. The summed E-state index contributed by atoms with van der Waals surface area (Å²) in [6.45, 7) is 12.3. The third kappa shape index (κ3) is 6.67. The van der Waals surface area contributed by atoms with Crippen LogP contribution in [0.3, 0.4) is 0 Å². The Morgan fingerprint density at radius 3 is 2.14 bits per heavy atom. The lowest BCUT2D eigenvalue weighted by Crippen LogP contribution is -2.47. The van der Waals surface area contributed by atoms with Crippen molar-refractivity contribution in [3.05, 3.63) is 47.5 Å². The van der Waals surface area contributed by atoms with Crippen LogP contribution in [0.15, 0.2) is 36.4 Å². The van der Waals surface area contributed by atoms with Gasteiger partial charge in [0.05, 0.1) is 18.2 Å². The van der Waals surface area contributed by atoms with Gasteiger partial charge in [-0.2, -0.15) is 13.2 Å². The van der Waals surface area contributed by atoms with E-state index < -0.39 is 38.1 Å². The zero-order chi connectivity index (χ0) is 21.8. The minimum Gasteiger partial charge on any atom is -0.465 e. The predicted octanol–water partition coefficient (Wildman–Crippen LogP) is 6.02. The lowest BCUT2D eigenvalue weighted by molar-refractivity contribution is -0.137. The van der Waals surface area contributed by atoms with Gasteiger partial charge >= 0.3 is 12.3 Å². The monoisotopic (exact) mass is 417 g/mol. The Labute approximate surface area is 165 Å². The van der Waals surface area contributed by atoms with Crippen LogP contribution in [-0.2, 0) is 10.6 Å². The molecule has 0 aromatic heterocycles.